The fourth-order valence-corrected chi connectivity index (χ4v) is 3.26. The molecular weight excluding hydrogens is 270 g/mol. The maximum Gasteiger partial charge on any atom is 0.191 e. The monoisotopic (exact) mass is 289 g/mol. The van der Waals surface area contributed by atoms with Crippen LogP contribution in [0.2, 0.25) is 0 Å². The number of nitrogens with zero attached hydrogens (tertiary/aromatic N) is 3. The molecule has 1 N–H and O–H groups in total. The topological polar surface area (TPSA) is 50.9 Å². The molecule has 1 aromatic carbocycles. The number of thioether (sulfide) groups is 1. The van der Waals surface area contributed by atoms with Crippen molar-refractivity contribution in [3.63, 3.8) is 0 Å². The first kappa shape index (κ1) is 13.6. The van der Waals surface area contributed by atoms with E-state index >= 15 is 0 Å². The quantitative estimate of drug-likeness (QED) is 0.629. The van der Waals surface area contributed by atoms with E-state index in [0.717, 1.165) is 23.8 Å². The molecule has 1 heterocycles. The summed E-state index contributed by atoms with van der Waals surface area (Å²) in [5.41, 5.74) is 1.38. The maximum atomic E-state index is 9.30. The van der Waals surface area contributed by atoms with Gasteiger partial charge in [0.25, 0.3) is 0 Å². The van der Waals surface area contributed by atoms with E-state index in [1.165, 1.54) is 18.4 Å². The highest BCUT2D eigenvalue weighted by atomic mass is 32.2. The van der Waals surface area contributed by atoms with Gasteiger partial charge >= 0.3 is 0 Å². The van der Waals surface area contributed by atoms with Crippen molar-refractivity contribution >= 4 is 11.8 Å². The molecule has 0 saturated heterocycles. The summed E-state index contributed by atoms with van der Waals surface area (Å²) in [6.45, 7) is -0.0198. The lowest BCUT2D eigenvalue weighted by Gasteiger charge is -2.07. The fraction of sp³-hybridized carbons (Fsp3) is 0.467. The normalized spacial score (nSPS) is 14.7. The molecule has 0 unspecified atom stereocenters. The smallest absolute Gasteiger partial charge is 0.191 e. The van der Waals surface area contributed by atoms with Crippen LogP contribution in [-0.2, 0) is 13.0 Å². The largest absolute Gasteiger partial charge is 0.388 e. The minimum Gasteiger partial charge on any atom is -0.388 e. The second-order valence-electron chi connectivity index (χ2n) is 5.10. The predicted molar refractivity (Wildman–Crippen MR) is 79.7 cm³/mol. The molecule has 20 heavy (non-hydrogen) atoms. The van der Waals surface area contributed by atoms with Gasteiger partial charge < -0.3 is 9.67 Å². The van der Waals surface area contributed by atoms with Crippen molar-refractivity contribution < 1.29 is 5.11 Å². The molecule has 1 aliphatic rings. The molecule has 1 saturated carbocycles. The number of rotatable bonds is 7. The molecule has 0 aliphatic heterocycles. The van der Waals surface area contributed by atoms with Gasteiger partial charge in [-0.15, -0.1) is 10.2 Å². The minimum atomic E-state index is -0.0198. The Morgan fingerprint density at radius 2 is 2.00 bits per heavy atom. The van der Waals surface area contributed by atoms with Gasteiger partial charge in [0, 0.05) is 11.8 Å². The van der Waals surface area contributed by atoms with Gasteiger partial charge in [-0.2, -0.15) is 0 Å². The molecule has 4 nitrogen and oxygen atoms in total. The number of hydrogen-bond acceptors (Lipinski definition) is 4. The number of hydrogen-bond donors (Lipinski definition) is 1. The Morgan fingerprint density at radius 3 is 2.70 bits per heavy atom. The summed E-state index contributed by atoms with van der Waals surface area (Å²) in [5, 5.41) is 18.5. The fourth-order valence-electron chi connectivity index (χ4n) is 2.30. The van der Waals surface area contributed by atoms with Crippen LogP contribution in [0.4, 0.5) is 0 Å². The molecular formula is C15H19N3OS. The van der Waals surface area contributed by atoms with Crippen LogP contribution in [0.25, 0.3) is 0 Å². The summed E-state index contributed by atoms with van der Waals surface area (Å²) in [7, 11) is 0. The van der Waals surface area contributed by atoms with Crippen molar-refractivity contribution in [2.24, 2.45) is 0 Å². The van der Waals surface area contributed by atoms with Gasteiger partial charge in [0.15, 0.2) is 11.0 Å². The van der Waals surface area contributed by atoms with E-state index < -0.39 is 0 Å². The molecule has 1 aliphatic carbocycles. The molecule has 2 aromatic rings. The molecule has 1 aromatic heterocycles. The minimum absolute atomic E-state index is 0.0198. The lowest BCUT2D eigenvalue weighted by atomic mass is 10.1. The Bertz CT molecular complexity index is 552. The van der Waals surface area contributed by atoms with Crippen LogP contribution in [-0.4, -0.2) is 25.6 Å². The average Bonchev–Trinajstić information content (AvgIpc) is 3.25. The second kappa shape index (κ2) is 6.41. The van der Waals surface area contributed by atoms with E-state index in [0.29, 0.717) is 11.9 Å². The highest BCUT2D eigenvalue weighted by Crippen LogP contribution is 2.38. The lowest BCUT2D eigenvalue weighted by Crippen LogP contribution is -2.03. The lowest BCUT2D eigenvalue weighted by molar-refractivity contribution is 0.263. The van der Waals surface area contributed by atoms with Crippen LogP contribution in [0.5, 0.6) is 0 Å². The third-order valence-electron chi connectivity index (χ3n) is 3.47. The third-order valence-corrected chi connectivity index (χ3v) is 4.50. The maximum absolute atomic E-state index is 9.30. The number of aryl methyl sites for hydroxylation is 1. The molecule has 1 fully saturated rings. The Kier molecular flexibility index (Phi) is 4.38. The molecule has 0 atom stereocenters. The van der Waals surface area contributed by atoms with Crippen molar-refractivity contribution in [2.45, 2.75) is 43.5 Å². The van der Waals surface area contributed by atoms with Gasteiger partial charge in [0.2, 0.25) is 0 Å². The molecule has 0 bridgehead atoms. The van der Waals surface area contributed by atoms with Crippen molar-refractivity contribution in [3.05, 3.63) is 41.7 Å². The van der Waals surface area contributed by atoms with Gasteiger partial charge in [0.05, 0.1) is 0 Å². The van der Waals surface area contributed by atoms with Crippen LogP contribution in [0, 0.1) is 0 Å². The highest BCUT2D eigenvalue weighted by Gasteiger charge is 2.29. The summed E-state index contributed by atoms with van der Waals surface area (Å²) >= 11 is 1.75. The van der Waals surface area contributed by atoms with E-state index in [-0.39, 0.29) is 6.61 Å². The molecule has 106 valence electrons. The molecule has 3 rings (SSSR count). The Balaban J connectivity index is 1.52. The van der Waals surface area contributed by atoms with Gasteiger partial charge in [-0.3, -0.25) is 0 Å². The summed E-state index contributed by atoms with van der Waals surface area (Å²) < 4.78 is 2.12. The first-order valence-electron chi connectivity index (χ1n) is 7.10. The highest BCUT2D eigenvalue weighted by molar-refractivity contribution is 7.99. The van der Waals surface area contributed by atoms with Crippen LogP contribution in [0.15, 0.2) is 35.5 Å². The van der Waals surface area contributed by atoms with E-state index in [9.17, 15) is 5.11 Å². The number of aromatic nitrogens is 3. The Hall–Kier alpha value is -1.33. The van der Waals surface area contributed by atoms with Crippen LogP contribution >= 0.6 is 11.8 Å². The van der Waals surface area contributed by atoms with Gasteiger partial charge in [-0.1, -0.05) is 42.1 Å². The number of aliphatic hydroxyl groups is 1. The zero-order valence-corrected chi connectivity index (χ0v) is 12.2. The van der Waals surface area contributed by atoms with Crippen molar-refractivity contribution in [2.75, 3.05) is 5.75 Å². The summed E-state index contributed by atoms with van der Waals surface area (Å²) in [5.74, 6) is 1.74. The SMILES string of the molecule is OCc1nnc(SCCCc2ccccc2)n1C1CC1. The van der Waals surface area contributed by atoms with Gasteiger partial charge in [-0.25, -0.2) is 0 Å². The van der Waals surface area contributed by atoms with Crippen molar-refractivity contribution in [1.82, 2.24) is 14.8 Å². The van der Waals surface area contributed by atoms with Crippen LogP contribution in [0.1, 0.15) is 36.7 Å². The van der Waals surface area contributed by atoms with E-state index in [4.69, 9.17) is 0 Å². The van der Waals surface area contributed by atoms with E-state index in [1.54, 1.807) is 11.8 Å². The van der Waals surface area contributed by atoms with Crippen molar-refractivity contribution in [1.29, 1.82) is 0 Å². The summed E-state index contributed by atoms with van der Waals surface area (Å²) in [4.78, 5) is 0. The first-order valence-corrected chi connectivity index (χ1v) is 8.08. The summed E-state index contributed by atoms with van der Waals surface area (Å²) in [6, 6.07) is 11.1. The first-order chi connectivity index (χ1) is 9.88. The number of benzene rings is 1. The standard InChI is InChI=1S/C15H19N3OS/c19-11-14-16-17-15(18(14)13-8-9-13)20-10-4-7-12-5-2-1-3-6-12/h1-3,5-6,13,19H,4,7-11H2. The summed E-state index contributed by atoms with van der Waals surface area (Å²) in [6.07, 6.45) is 4.59. The molecule has 5 heteroatoms. The molecule has 0 spiro atoms. The van der Waals surface area contributed by atoms with E-state index in [1.807, 2.05) is 6.07 Å². The Labute approximate surface area is 123 Å². The Morgan fingerprint density at radius 1 is 1.20 bits per heavy atom. The molecule has 0 radical (unpaired) electrons. The van der Waals surface area contributed by atoms with Crippen LogP contribution < -0.4 is 0 Å². The van der Waals surface area contributed by atoms with Gasteiger partial charge in [-0.05, 0) is 31.2 Å². The molecule has 0 amide bonds. The van der Waals surface area contributed by atoms with E-state index in [2.05, 4.69) is 39.0 Å². The average molecular weight is 289 g/mol. The van der Waals surface area contributed by atoms with Crippen molar-refractivity contribution in [3.8, 4) is 0 Å². The van der Waals surface area contributed by atoms with Crippen LogP contribution in [0.3, 0.4) is 0 Å². The third kappa shape index (κ3) is 3.22. The zero-order chi connectivity index (χ0) is 13.8. The zero-order valence-electron chi connectivity index (χ0n) is 11.4. The second-order valence-corrected chi connectivity index (χ2v) is 6.16. The number of aliphatic hydroxyl groups excluding tert-OH is 1. The predicted octanol–water partition coefficient (Wildman–Crippen LogP) is 2.83. The van der Waals surface area contributed by atoms with Gasteiger partial charge in [0.1, 0.15) is 6.61 Å².